The lowest BCUT2D eigenvalue weighted by atomic mass is 10.1. The Labute approximate surface area is 116 Å². The second kappa shape index (κ2) is 6.65. The van der Waals surface area contributed by atoms with Crippen molar-refractivity contribution in [1.82, 2.24) is 5.32 Å². The molecule has 110 valence electrons. The third kappa shape index (κ3) is 3.90. The summed E-state index contributed by atoms with van der Waals surface area (Å²) < 4.78 is 33.9. The smallest absolute Gasteiger partial charge is 0.387 e. The van der Waals surface area contributed by atoms with E-state index in [9.17, 15) is 13.6 Å². The normalized spacial score (nSPS) is 19.9. The van der Waals surface area contributed by atoms with Crippen molar-refractivity contribution in [3.05, 3.63) is 29.8 Å². The zero-order chi connectivity index (χ0) is 14.5. The summed E-state index contributed by atoms with van der Waals surface area (Å²) in [6.07, 6.45) is 1.19. The van der Waals surface area contributed by atoms with E-state index in [0.717, 1.165) is 6.42 Å². The molecule has 1 fully saturated rings. The van der Waals surface area contributed by atoms with Gasteiger partial charge in [-0.25, -0.2) is 0 Å². The number of hydrogen-bond donors (Lipinski definition) is 1. The van der Waals surface area contributed by atoms with Gasteiger partial charge in [0.05, 0.1) is 6.04 Å². The average Bonchev–Trinajstić information content (AvgIpc) is 2.92. The molecule has 1 amide bonds. The van der Waals surface area contributed by atoms with Gasteiger partial charge in [-0.2, -0.15) is 8.78 Å². The molecule has 0 unspecified atom stereocenters. The average molecular weight is 285 g/mol. The topological polar surface area (TPSA) is 47.6 Å². The van der Waals surface area contributed by atoms with E-state index in [2.05, 4.69) is 10.1 Å². The van der Waals surface area contributed by atoms with Crippen LogP contribution in [0.5, 0.6) is 5.75 Å². The molecule has 0 aliphatic carbocycles. The Bertz CT molecular complexity index is 461. The number of rotatable bonds is 5. The van der Waals surface area contributed by atoms with Crippen LogP contribution in [0.15, 0.2) is 24.3 Å². The second-order valence-electron chi connectivity index (χ2n) is 4.68. The first-order valence-corrected chi connectivity index (χ1v) is 6.53. The van der Waals surface area contributed by atoms with Gasteiger partial charge in [0.15, 0.2) is 0 Å². The molecule has 2 atom stereocenters. The van der Waals surface area contributed by atoms with Gasteiger partial charge in [-0.3, -0.25) is 4.79 Å². The van der Waals surface area contributed by atoms with Crippen LogP contribution in [-0.4, -0.2) is 25.2 Å². The summed E-state index contributed by atoms with van der Waals surface area (Å²) in [5, 5.41) is 2.81. The van der Waals surface area contributed by atoms with Gasteiger partial charge >= 0.3 is 6.61 Å². The van der Waals surface area contributed by atoms with Gasteiger partial charge in [0.1, 0.15) is 11.9 Å². The van der Waals surface area contributed by atoms with Gasteiger partial charge in [-0.1, -0.05) is 12.1 Å². The summed E-state index contributed by atoms with van der Waals surface area (Å²) in [4.78, 5) is 11.9. The summed E-state index contributed by atoms with van der Waals surface area (Å²) in [5.41, 5.74) is 0.703. The Balaban J connectivity index is 1.97. The molecular weight excluding hydrogens is 268 g/mol. The van der Waals surface area contributed by atoms with Crippen molar-refractivity contribution in [3.8, 4) is 5.75 Å². The molecule has 1 aromatic carbocycles. The number of carbonyl (C=O) groups excluding carboxylic acids is 1. The molecule has 0 bridgehead atoms. The molecule has 1 heterocycles. The van der Waals surface area contributed by atoms with Gasteiger partial charge in [-0.05, 0) is 37.5 Å². The minimum absolute atomic E-state index is 0.0794. The van der Waals surface area contributed by atoms with E-state index in [-0.39, 0.29) is 17.7 Å². The first-order valence-electron chi connectivity index (χ1n) is 6.53. The molecule has 0 spiro atoms. The van der Waals surface area contributed by atoms with Crippen molar-refractivity contribution >= 4 is 5.91 Å². The predicted octanol–water partition coefficient (Wildman–Crippen LogP) is 2.64. The minimum Gasteiger partial charge on any atom is -0.435 e. The highest BCUT2D eigenvalue weighted by atomic mass is 19.3. The summed E-state index contributed by atoms with van der Waals surface area (Å²) in [6, 6.07) is 6.00. The van der Waals surface area contributed by atoms with Crippen LogP contribution >= 0.6 is 0 Å². The van der Waals surface area contributed by atoms with Gasteiger partial charge < -0.3 is 14.8 Å². The molecule has 2 rings (SSSR count). The fraction of sp³-hybridized carbons (Fsp3) is 0.500. The number of ether oxygens (including phenoxy) is 2. The standard InChI is InChI=1S/C14H17F2NO3/c1-9(17-13(18)12-6-3-7-19-12)10-4-2-5-11(8-10)20-14(15)16/h2,4-5,8-9,12,14H,3,6-7H2,1H3,(H,17,18)/t9-,12+/m0/s1. The lowest BCUT2D eigenvalue weighted by molar-refractivity contribution is -0.130. The van der Waals surface area contributed by atoms with Crippen molar-refractivity contribution in [1.29, 1.82) is 0 Å². The SMILES string of the molecule is C[C@H](NC(=O)[C@H]1CCCO1)c1cccc(OC(F)F)c1. The predicted molar refractivity (Wildman–Crippen MR) is 68.6 cm³/mol. The first kappa shape index (κ1) is 14.7. The monoisotopic (exact) mass is 285 g/mol. The maximum absolute atomic E-state index is 12.2. The summed E-state index contributed by atoms with van der Waals surface area (Å²) in [5.74, 6) is -0.0918. The van der Waals surface area contributed by atoms with Crippen molar-refractivity contribution in [2.24, 2.45) is 0 Å². The number of halogens is 2. The van der Waals surface area contributed by atoms with Crippen LogP contribution in [-0.2, 0) is 9.53 Å². The van der Waals surface area contributed by atoms with E-state index in [4.69, 9.17) is 4.74 Å². The molecule has 6 heteroatoms. The largest absolute Gasteiger partial charge is 0.435 e. The van der Waals surface area contributed by atoms with Crippen LogP contribution in [0.25, 0.3) is 0 Å². The molecule has 0 saturated carbocycles. The van der Waals surface area contributed by atoms with Gasteiger partial charge in [-0.15, -0.1) is 0 Å². The lowest BCUT2D eigenvalue weighted by Gasteiger charge is -2.17. The number of hydrogen-bond acceptors (Lipinski definition) is 3. The van der Waals surface area contributed by atoms with Crippen molar-refractivity contribution in [3.63, 3.8) is 0 Å². The third-order valence-corrected chi connectivity index (χ3v) is 3.16. The maximum Gasteiger partial charge on any atom is 0.387 e. The van der Waals surface area contributed by atoms with E-state index in [1.165, 1.54) is 12.1 Å². The molecule has 0 aromatic heterocycles. The van der Waals surface area contributed by atoms with E-state index < -0.39 is 12.7 Å². The van der Waals surface area contributed by atoms with Crippen LogP contribution in [0.1, 0.15) is 31.4 Å². The third-order valence-electron chi connectivity index (χ3n) is 3.16. The molecule has 0 radical (unpaired) electrons. The molecule has 20 heavy (non-hydrogen) atoms. The number of nitrogens with one attached hydrogen (secondary N) is 1. The number of amides is 1. The summed E-state index contributed by atoms with van der Waals surface area (Å²) in [7, 11) is 0. The number of alkyl halides is 2. The Morgan fingerprint density at radius 3 is 2.95 bits per heavy atom. The highest BCUT2D eigenvalue weighted by molar-refractivity contribution is 5.81. The quantitative estimate of drug-likeness (QED) is 0.904. The molecule has 1 aromatic rings. The Hall–Kier alpha value is -1.69. The zero-order valence-electron chi connectivity index (χ0n) is 11.1. The van der Waals surface area contributed by atoms with Crippen LogP contribution in [0.3, 0.4) is 0 Å². The van der Waals surface area contributed by atoms with Gasteiger partial charge in [0.25, 0.3) is 0 Å². The zero-order valence-corrected chi connectivity index (χ0v) is 11.1. The molecule has 1 aliphatic rings. The second-order valence-corrected chi connectivity index (χ2v) is 4.68. The van der Waals surface area contributed by atoms with Gasteiger partial charge in [0, 0.05) is 6.61 Å². The van der Waals surface area contributed by atoms with Crippen LogP contribution in [0.2, 0.25) is 0 Å². The van der Waals surface area contributed by atoms with E-state index in [1.54, 1.807) is 19.1 Å². The molecule has 1 aliphatic heterocycles. The highest BCUT2D eigenvalue weighted by Crippen LogP contribution is 2.21. The Morgan fingerprint density at radius 2 is 2.30 bits per heavy atom. The van der Waals surface area contributed by atoms with Gasteiger partial charge in [0.2, 0.25) is 5.91 Å². The maximum atomic E-state index is 12.2. The molecular formula is C14H17F2NO3. The Kier molecular flexibility index (Phi) is 4.89. The van der Waals surface area contributed by atoms with E-state index in [0.29, 0.717) is 18.6 Å². The van der Waals surface area contributed by atoms with Crippen molar-refractivity contribution < 1.29 is 23.0 Å². The van der Waals surface area contributed by atoms with E-state index in [1.807, 2.05) is 0 Å². The highest BCUT2D eigenvalue weighted by Gasteiger charge is 2.24. The van der Waals surface area contributed by atoms with Crippen LogP contribution in [0.4, 0.5) is 8.78 Å². The van der Waals surface area contributed by atoms with Crippen molar-refractivity contribution in [2.45, 2.75) is 38.5 Å². The summed E-state index contributed by atoms with van der Waals surface area (Å²) in [6.45, 7) is -0.472. The number of carbonyl (C=O) groups is 1. The van der Waals surface area contributed by atoms with Crippen molar-refractivity contribution in [2.75, 3.05) is 6.61 Å². The Morgan fingerprint density at radius 1 is 1.50 bits per heavy atom. The molecule has 1 N–H and O–H groups in total. The molecule has 1 saturated heterocycles. The minimum atomic E-state index is -2.86. The molecule has 4 nitrogen and oxygen atoms in total. The fourth-order valence-corrected chi connectivity index (χ4v) is 2.13. The van der Waals surface area contributed by atoms with E-state index >= 15 is 0 Å². The van der Waals surface area contributed by atoms with Crippen LogP contribution < -0.4 is 10.1 Å². The fourth-order valence-electron chi connectivity index (χ4n) is 2.13. The van der Waals surface area contributed by atoms with Crippen LogP contribution in [0, 0.1) is 0 Å². The first-order chi connectivity index (χ1) is 9.56. The number of benzene rings is 1. The lowest BCUT2D eigenvalue weighted by Crippen LogP contribution is -2.35. The summed E-state index contributed by atoms with van der Waals surface area (Å²) >= 11 is 0.